The molecule has 0 spiro atoms. The van der Waals surface area contributed by atoms with Gasteiger partial charge in [0.15, 0.2) is 0 Å². The summed E-state index contributed by atoms with van der Waals surface area (Å²) in [7, 11) is 3.45. The fourth-order valence-corrected chi connectivity index (χ4v) is 3.64. The second kappa shape index (κ2) is 13.1. The van der Waals surface area contributed by atoms with Gasteiger partial charge in [-0.1, -0.05) is 55.5 Å². The van der Waals surface area contributed by atoms with Crippen molar-refractivity contribution in [2.45, 2.75) is 13.3 Å². The van der Waals surface area contributed by atoms with Gasteiger partial charge in [-0.25, -0.2) is 4.98 Å². The molecule has 6 heteroatoms. The van der Waals surface area contributed by atoms with Crippen molar-refractivity contribution in [3.8, 4) is 11.6 Å². The Labute approximate surface area is 207 Å². The van der Waals surface area contributed by atoms with E-state index >= 15 is 0 Å². The Morgan fingerprint density at radius 3 is 2.34 bits per heavy atom. The first-order valence-electron chi connectivity index (χ1n) is 11.7. The Hall–Kier alpha value is -3.90. The van der Waals surface area contributed by atoms with Gasteiger partial charge in [0, 0.05) is 51.1 Å². The Kier molecular flexibility index (Phi) is 9.63. The number of ether oxygens (including phenoxy) is 1. The normalized spacial score (nSPS) is 11.9. The Bertz CT molecular complexity index is 1140. The van der Waals surface area contributed by atoms with Crippen molar-refractivity contribution < 1.29 is 14.6 Å². The van der Waals surface area contributed by atoms with Crippen LogP contribution in [0.15, 0.2) is 85.1 Å². The number of allylic oxidation sites excluding steroid dienone is 1. The highest BCUT2D eigenvalue weighted by Gasteiger charge is 2.14. The number of hydrogen-bond donors (Lipinski definition) is 2. The average Bonchev–Trinajstić information content (AvgIpc) is 2.88. The summed E-state index contributed by atoms with van der Waals surface area (Å²) < 4.78 is 5.78. The number of carbonyl (C=O) groups excluding carboxylic acids is 1. The first-order chi connectivity index (χ1) is 17.0. The number of carbonyl (C=O) groups is 1. The third kappa shape index (κ3) is 7.55. The summed E-state index contributed by atoms with van der Waals surface area (Å²) in [6.45, 7) is 3.84. The summed E-state index contributed by atoms with van der Waals surface area (Å²) in [6, 6.07) is 21.5. The highest BCUT2D eigenvalue weighted by molar-refractivity contribution is 5.98. The van der Waals surface area contributed by atoms with E-state index in [-0.39, 0.29) is 11.7 Å². The highest BCUT2D eigenvalue weighted by Crippen LogP contribution is 2.35. The first-order valence-corrected chi connectivity index (χ1v) is 11.7. The van der Waals surface area contributed by atoms with Crippen LogP contribution in [-0.4, -0.2) is 54.7 Å². The van der Waals surface area contributed by atoms with E-state index in [1.165, 1.54) is 10.5 Å². The Balaban J connectivity index is 1.71. The zero-order valence-corrected chi connectivity index (χ0v) is 20.6. The maximum absolute atomic E-state index is 11.5. The molecule has 0 fully saturated rings. The van der Waals surface area contributed by atoms with Crippen molar-refractivity contribution in [2.75, 3.05) is 33.8 Å². The molecule has 2 N–H and O–H groups in total. The first kappa shape index (κ1) is 25.7. The number of hydrogen-bond acceptors (Lipinski definition) is 5. The molecule has 182 valence electrons. The van der Waals surface area contributed by atoms with Crippen LogP contribution >= 0.6 is 0 Å². The third-order valence-electron chi connectivity index (χ3n) is 5.45. The van der Waals surface area contributed by atoms with Gasteiger partial charge in [0.1, 0.15) is 12.4 Å². The van der Waals surface area contributed by atoms with Gasteiger partial charge in [-0.3, -0.25) is 4.79 Å². The zero-order valence-electron chi connectivity index (χ0n) is 20.6. The molecule has 0 aliphatic heterocycles. The van der Waals surface area contributed by atoms with E-state index in [4.69, 9.17) is 4.74 Å². The van der Waals surface area contributed by atoms with Crippen LogP contribution in [0.5, 0.6) is 11.6 Å². The molecule has 0 saturated carbocycles. The minimum absolute atomic E-state index is 0.0356. The van der Waals surface area contributed by atoms with Gasteiger partial charge in [-0.05, 0) is 46.9 Å². The predicted octanol–water partition coefficient (Wildman–Crippen LogP) is 4.77. The summed E-state index contributed by atoms with van der Waals surface area (Å²) >= 11 is 0. The molecular formula is C29H33N3O3. The lowest BCUT2D eigenvalue weighted by Gasteiger charge is -2.16. The number of rotatable bonds is 11. The summed E-state index contributed by atoms with van der Waals surface area (Å²) in [5, 5.41) is 13.0. The van der Waals surface area contributed by atoms with E-state index < -0.39 is 0 Å². The van der Waals surface area contributed by atoms with E-state index in [0.717, 1.165) is 28.7 Å². The van der Waals surface area contributed by atoms with E-state index in [0.29, 0.717) is 25.6 Å². The zero-order chi connectivity index (χ0) is 25.0. The number of amides is 1. The van der Waals surface area contributed by atoms with Gasteiger partial charge >= 0.3 is 0 Å². The lowest BCUT2D eigenvalue weighted by molar-refractivity contribution is -0.123. The molecule has 0 saturated heterocycles. The lowest BCUT2D eigenvalue weighted by atomic mass is 9.89. The molecule has 0 aliphatic rings. The van der Waals surface area contributed by atoms with Crippen molar-refractivity contribution >= 4 is 17.1 Å². The van der Waals surface area contributed by atoms with Crippen LogP contribution in [0, 0.1) is 0 Å². The standard InChI is InChI=1S/C29H33N3O3/c1-4-26(22-9-6-5-7-10-22)29(23-12-15-25(33)16-13-23)24-14-17-27(31-21-24)35-20-19-30-18-8-11-28(34)32(2)3/h5-17,21,30,33H,4,18-20H2,1-3H3. The number of nitrogens with zero attached hydrogens (tertiary/aromatic N) is 2. The van der Waals surface area contributed by atoms with E-state index in [2.05, 4.69) is 29.4 Å². The molecule has 2 aromatic carbocycles. The molecule has 0 aliphatic carbocycles. The highest BCUT2D eigenvalue weighted by atomic mass is 16.5. The molecule has 3 aromatic rings. The van der Waals surface area contributed by atoms with Gasteiger partial charge in [-0.2, -0.15) is 0 Å². The van der Waals surface area contributed by atoms with Crippen molar-refractivity contribution in [1.82, 2.24) is 15.2 Å². The fourth-order valence-electron chi connectivity index (χ4n) is 3.64. The maximum atomic E-state index is 11.5. The smallest absolute Gasteiger partial charge is 0.245 e. The quantitative estimate of drug-likeness (QED) is 0.239. The molecule has 0 unspecified atom stereocenters. The Morgan fingerprint density at radius 1 is 1.00 bits per heavy atom. The number of nitrogens with one attached hydrogen (secondary N) is 1. The minimum atomic E-state index is -0.0356. The van der Waals surface area contributed by atoms with Gasteiger partial charge in [0.05, 0.1) is 0 Å². The molecule has 1 aromatic heterocycles. The predicted molar refractivity (Wildman–Crippen MR) is 141 cm³/mol. The van der Waals surface area contributed by atoms with Gasteiger partial charge in [-0.15, -0.1) is 0 Å². The molecule has 1 heterocycles. The number of aromatic nitrogens is 1. The lowest BCUT2D eigenvalue weighted by Crippen LogP contribution is -2.22. The molecule has 3 rings (SSSR count). The Morgan fingerprint density at radius 2 is 1.71 bits per heavy atom. The molecular weight excluding hydrogens is 438 g/mol. The molecule has 0 radical (unpaired) electrons. The van der Waals surface area contributed by atoms with E-state index in [9.17, 15) is 9.90 Å². The maximum Gasteiger partial charge on any atom is 0.245 e. The monoisotopic (exact) mass is 471 g/mol. The van der Waals surface area contributed by atoms with Crippen molar-refractivity contribution in [2.24, 2.45) is 0 Å². The van der Waals surface area contributed by atoms with Gasteiger partial charge in [0.2, 0.25) is 11.8 Å². The second-order valence-corrected chi connectivity index (χ2v) is 8.19. The van der Waals surface area contributed by atoms with Crippen molar-refractivity contribution in [3.63, 3.8) is 0 Å². The third-order valence-corrected chi connectivity index (χ3v) is 5.45. The van der Waals surface area contributed by atoms with E-state index in [1.807, 2.05) is 48.7 Å². The summed E-state index contributed by atoms with van der Waals surface area (Å²) in [5.74, 6) is 0.754. The van der Waals surface area contributed by atoms with Crippen LogP contribution in [0.4, 0.5) is 0 Å². The topological polar surface area (TPSA) is 74.7 Å². The van der Waals surface area contributed by atoms with Crippen LogP contribution in [0.1, 0.15) is 30.0 Å². The SMILES string of the molecule is CCC(=C(c1ccc(O)cc1)c1ccc(OCCNCC=CC(=O)N(C)C)nc1)c1ccccc1. The molecule has 6 nitrogen and oxygen atoms in total. The van der Waals surface area contributed by atoms with Gasteiger partial charge < -0.3 is 20.1 Å². The van der Waals surface area contributed by atoms with Crippen LogP contribution in [-0.2, 0) is 4.79 Å². The second-order valence-electron chi connectivity index (χ2n) is 8.19. The van der Waals surface area contributed by atoms with Crippen LogP contribution < -0.4 is 10.1 Å². The largest absolute Gasteiger partial charge is 0.508 e. The van der Waals surface area contributed by atoms with Crippen LogP contribution in [0.3, 0.4) is 0 Å². The number of benzene rings is 2. The molecule has 0 bridgehead atoms. The molecule has 0 atom stereocenters. The fraction of sp³-hybridized carbons (Fsp3) is 0.241. The van der Waals surface area contributed by atoms with Gasteiger partial charge in [0.25, 0.3) is 0 Å². The molecule has 35 heavy (non-hydrogen) atoms. The minimum Gasteiger partial charge on any atom is -0.508 e. The number of aromatic hydroxyl groups is 1. The average molecular weight is 472 g/mol. The number of likely N-dealkylation sites (N-methyl/N-ethyl adjacent to an activating group) is 1. The molecule has 1 amide bonds. The number of pyridine rings is 1. The van der Waals surface area contributed by atoms with E-state index in [1.54, 1.807) is 38.4 Å². The number of phenols is 1. The summed E-state index contributed by atoms with van der Waals surface area (Å²) in [4.78, 5) is 17.6. The summed E-state index contributed by atoms with van der Waals surface area (Å²) in [5.41, 5.74) is 5.45. The van der Waals surface area contributed by atoms with Crippen LogP contribution in [0.25, 0.3) is 11.1 Å². The number of phenolic OH excluding ortho intramolecular Hbond substituents is 1. The van der Waals surface area contributed by atoms with Crippen LogP contribution in [0.2, 0.25) is 0 Å². The van der Waals surface area contributed by atoms with Crippen molar-refractivity contribution in [1.29, 1.82) is 0 Å². The summed E-state index contributed by atoms with van der Waals surface area (Å²) in [6.07, 6.45) is 6.02. The van der Waals surface area contributed by atoms with Crippen molar-refractivity contribution in [3.05, 3.63) is 102 Å².